The lowest BCUT2D eigenvalue weighted by Gasteiger charge is -2.16. The lowest BCUT2D eigenvalue weighted by atomic mass is 10.1. The van der Waals surface area contributed by atoms with Crippen LogP contribution in [0.4, 0.5) is 10.5 Å². The van der Waals surface area contributed by atoms with Gasteiger partial charge in [0.1, 0.15) is 31.4 Å². The molecule has 0 saturated carbocycles. The van der Waals surface area contributed by atoms with Crippen LogP contribution in [0.1, 0.15) is 5.76 Å². The zero-order valence-corrected chi connectivity index (χ0v) is 13.7. The van der Waals surface area contributed by atoms with Gasteiger partial charge in [-0.1, -0.05) is 18.2 Å². The highest BCUT2D eigenvalue weighted by Gasteiger charge is 2.51. The largest absolute Gasteiger partial charge is 0.463 e. The molecule has 0 unspecified atom stereocenters. The first-order valence-electron chi connectivity index (χ1n) is 8.41. The van der Waals surface area contributed by atoms with E-state index in [2.05, 4.69) is 10.6 Å². The summed E-state index contributed by atoms with van der Waals surface area (Å²) in [5, 5.41) is 4.86. The van der Waals surface area contributed by atoms with Gasteiger partial charge in [0, 0.05) is 5.69 Å². The molecule has 3 heterocycles. The number of nitrogens with one attached hydrogen (secondary N) is 1. The number of furan rings is 1. The molecule has 0 radical (unpaired) electrons. The summed E-state index contributed by atoms with van der Waals surface area (Å²) in [7, 11) is 0. The van der Waals surface area contributed by atoms with Gasteiger partial charge in [-0.3, -0.25) is 5.32 Å². The van der Waals surface area contributed by atoms with Crippen molar-refractivity contribution in [3.05, 3.63) is 54.5 Å². The van der Waals surface area contributed by atoms with E-state index in [0.717, 1.165) is 12.3 Å². The van der Waals surface area contributed by atoms with E-state index in [0.29, 0.717) is 18.9 Å². The van der Waals surface area contributed by atoms with Crippen LogP contribution in [0.3, 0.4) is 0 Å². The fourth-order valence-corrected chi connectivity index (χ4v) is 3.30. The molecule has 2 aliphatic rings. The molecule has 2 aliphatic heterocycles. The molecule has 0 spiro atoms. The van der Waals surface area contributed by atoms with Crippen molar-refractivity contribution in [2.45, 2.75) is 30.9 Å². The lowest BCUT2D eigenvalue weighted by Crippen LogP contribution is -2.91. The van der Waals surface area contributed by atoms with E-state index >= 15 is 0 Å². The molecule has 7 nitrogen and oxygen atoms in total. The first kappa shape index (κ1) is 16.1. The second-order valence-electron chi connectivity index (χ2n) is 6.21. The predicted octanol–water partition coefficient (Wildman–Crippen LogP) is 1.13. The van der Waals surface area contributed by atoms with Crippen LogP contribution in [0.25, 0.3) is 0 Å². The standard InChI is InChI=1S/C18H20N2O5/c21-18(20-12-5-2-1-3-6-12)25-15-11-24-16-14(10-23-17(15)16)19-9-13-7-4-8-22-13/h1-8,14-17,19H,9-11H2,(H,20,21)/p+1/t14-,15+,16+,17+/m0/s1. The quantitative estimate of drug-likeness (QED) is 0.848. The summed E-state index contributed by atoms with van der Waals surface area (Å²) in [5.41, 5.74) is 0.694. The number of amides is 1. The summed E-state index contributed by atoms with van der Waals surface area (Å²) in [6.45, 7) is 1.65. The SMILES string of the molecule is O=C(Nc1ccccc1)O[C@@H]1CO[C@H]2[C@@H]1OC[C@@H]2[NH2+]Cc1ccco1. The van der Waals surface area contributed by atoms with Gasteiger partial charge in [-0.2, -0.15) is 0 Å². The topological polar surface area (TPSA) is 86.5 Å². The number of anilines is 1. The van der Waals surface area contributed by atoms with E-state index < -0.39 is 12.2 Å². The summed E-state index contributed by atoms with van der Waals surface area (Å²) >= 11 is 0. The summed E-state index contributed by atoms with van der Waals surface area (Å²) in [6, 6.07) is 13.2. The highest BCUT2D eigenvalue weighted by Crippen LogP contribution is 2.28. The number of carbonyl (C=O) groups excluding carboxylic acids is 1. The van der Waals surface area contributed by atoms with Gasteiger partial charge in [0.25, 0.3) is 0 Å². The van der Waals surface area contributed by atoms with Crippen molar-refractivity contribution in [3.8, 4) is 0 Å². The zero-order chi connectivity index (χ0) is 17.1. The first-order valence-corrected chi connectivity index (χ1v) is 8.41. The van der Waals surface area contributed by atoms with Crippen molar-refractivity contribution in [3.63, 3.8) is 0 Å². The number of benzene rings is 1. The molecule has 25 heavy (non-hydrogen) atoms. The van der Waals surface area contributed by atoms with E-state index in [1.807, 2.05) is 30.3 Å². The van der Waals surface area contributed by atoms with Crippen molar-refractivity contribution in [2.75, 3.05) is 18.5 Å². The van der Waals surface area contributed by atoms with Crippen molar-refractivity contribution in [2.24, 2.45) is 0 Å². The number of carbonyl (C=O) groups is 1. The Morgan fingerprint density at radius 2 is 1.96 bits per heavy atom. The number of hydrogen-bond acceptors (Lipinski definition) is 5. The van der Waals surface area contributed by atoms with Gasteiger partial charge in [-0.25, -0.2) is 4.79 Å². The molecule has 7 heteroatoms. The van der Waals surface area contributed by atoms with Gasteiger partial charge in [-0.15, -0.1) is 0 Å². The third-order valence-corrected chi connectivity index (χ3v) is 4.53. The van der Waals surface area contributed by atoms with E-state index in [4.69, 9.17) is 18.6 Å². The van der Waals surface area contributed by atoms with E-state index in [1.165, 1.54) is 0 Å². The normalized spacial score (nSPS) is 27.8. The number of quaternary nitrogens is 1. The average molecular weight is 345 g/mol. The Balaban J connectivity index is 1.28. The van der Waals surface area contributed by atoms with Gasteiger partial charge in [-0.05, 0) is 24.3 Å². The van der Waals surface area contributed by atoms with Crippen molar-refractivity contribution >= 4 is 11.8 Å². The van der Waals surface area contributed by atoms with E-state index in [9.17, 15) is 4.79 Å². The Labute approximate surface area is 145 Å². The monoisotopic (exact) mass is 345 g/mol. The van der Waals surface area contributed by atoms with E-state index in [1.54, 1.807) is 18.4 Å². The average Bonchev–Trinajstić information content (AvgIpc) is 3.33. The minimum absolute atomic E-state index is 0.0792. The molecule has 0 aliphatic carbocycles. The van der Waals surface area contributed by atoms with Crippen LogP contribution in [0, 0.1) is 0 Å². The summed E-state index contributed by atoms with van der Waals surface area (Å²) < 4.78 is 22.5. The number of para-hydroxylation sites is 1. The molecule has 0 bridgehead atoms. The third kappa shape index (κ3) is 3.68. The molecule has 1 amide bonds. The van der Waals surface area contributed by atoms with Crippen LogP contribution >= 0.6 is 0 Å². The first-order chi connectivity index (χ1) is 12.3. The maximum absolute atomic E-state index is 12.1. The maximum atomic E-state index is 12.1. The molecule has 4 rings (SSSR count). The fourth-order valence-electron chi connectivity index (χ4n) is 3.30. The van der Waals surface area contributed by atoms with Gasteiger partial charge < -0.3 is 23.9 Å². The molecule has 4 atom stereocenters. The van der Waals surface area contributed by atoms with Crippen LogP contribution in [0.15, 0.2) is 53.1 Å². The Kier molecular flexibility index (Phi) is 4.69. The second-order valence-corrected chi connectivity index (χ2v) is 6.21. The van der Waals surface area contributed by atoms with Crippen molar-refractivity contribution < 1.29 is 28.7 Å². The molecule has 1 aromatic carbocycles. The zero-order valence-electron chi connectivity index (χ0n) is 13.7. The van der Waals surface area contributed by atoms with Crippen LogP contribution in [0.2, 0.25) is 0 Å². The fraction of sp³-hybridized carbons (Fsp3) is 0.389. The van der Waals surface area contributed by atoms with Gasteiger partial charge in [0.15, 0.2) is 11.9 Å². The number of ether oxygens (including phenoxy) is 3. The molecule has 2 fully saturated rings. The third-order valence-electron chi connectivity index (χ3n) is 4.53. The molecule has 2 aromatic rings. The smallest absolute Gasteiger partial charge is 0.412 e. The van der Waals surface area contributed by atoms with Crippen molar-refractivity contribution in [1.29, 1.82) is 0 Å². The lowest BCUT2D eigenvalue weighted by molar-refractivity contribution is -0.709. The Morgan fingerprint density at radius 1 is 1.12 bits per heavy atom. The van der Waals surface area contributed by atoms with Crippen LogP contribution in [0.5, 0.6) is 0 Å². The van der Waals surface area contributed by atoms with E-state index in [-0.39, 0.29) is 18.2 Å². The maximum Gasteiger partial charge on any atom is 0.412 e. The Hall–Kier alpha value is -2.35. The molecule has 132 valence electrons. The van der Waals surface area contributed by atoms with Gasteiger partial charge in [0.2, 0.25) is 0 Å². The molecule has 3 N–H and O–H groups in total. The predicted molar refractivity (Wildman–Crippen MR) is 87.9 cm³/mol. The molecular formula is C18H21N2O5+. The summed E-state index contributed by atoms with van der Waals surface area (Å²) in [4.78, 5) is 12.1. The van der Waals surface area contributed by atoms with Crippen molar-refractivity contribution in [1.82, 2.24) is 0 Å². The molecule has 1 aromatic heterocycles. The van der Waals surface area contributed by atoms with Gasteiger partial charge >= 0.3 is 6.09 Å². The minimum Gasteiger partial charge on any atom is -0.463 e. The van der Waals surface area contributed by atoms with Gasteiger partial charge in [0.05, 0.1) is 12.9 Å². The Bertz CT molecular complexity index is 691. The van der Waals surface area contributed by atoms with Crippen LogP contribution in [-0.4, -0.2) is 43.7 Å². The minimum atomic E-state index is -0.493. The molecule has 2 saturated heterocycles. The molecular weight excluding hydrogens is 324 g/mol. The second kappa shape index (κ2) is 7.26. The number of fused-ring (bicyclic) bond motifs is 1. The summed E-state index contributed by atoms with van der Waals surface area (Å²) in [6.07, 6.45) is 0.477. The summed E-state index contributed by atoms with van der Waals surface area (Å²) in [5.74, 6) is 0.913. The number of hydrogen-bond donors (Lipinski definition) is 2. The Morgan fingerprint density at radius 3 is 2.76 bits per heavy atom. The number of nitrogens with two attached hydrogens (primary N) is 1. The number of rotatable bonds is 5. The van der Waals surface area contributed by atoms with Crippen LogP contribution in [-0.2, 0) is 20.8 Å². The highest BCUT2D eigenvalue weighted by atomic mass is 16.6. The highest BCUT2D eigenvalue weighted by molar-refractivity contribution is 5.84. The van der Waals surface area contributed by atoms with Crippen LogP contribution < -0.4 is 10.6 Å².